The molecule has 90 valence electrons. The molecular formula is C11H12N2O4. The number of hydrogen-bond acceptors (Lipinski definition) is 4. The van der Waals surface area contributed by atoms with E-state index in [9.17, 15) is 9.59 Å². The summed E-state index contributed by atoms with van der Waals surface area (Å²) in [5.74, 6) is -0.504. The molecule has 1 aromatic carbocycles. The van der Waals surface area contributed by atoms with Crippen molar-refractivity contribution in [1.82, 2.24) is 5.32 Å². The van der Waals surface area contributed by atoms with Crippen LogP contribution in [-0.4, -0.2) is 31.4 Å². The van der Waals surface area contributed by atoms with Gasteiger partial charge in [0.1, 0.15) is 6.79 Å². The molecule has 0 bridgehead atoms. The summed E-state index contributed by atoms with van der Waals surface area (Å²) >= 11 is 0. The van der Waals surface area contributed by atoms with Gasteiger partial charge in [0.25, 0.3) is 5.91 Å². The molecule has 0 spiro atoms. The Kier molecular flexibility index (Phi) is 3.69. The van der Waals surface area contributed by atoms with Crippen molar-refractivity contribution in [2.24, 2.45) is 0 Å². The highest BCUT2D eigenvalue weighted by molar-refractivity contribution is 6.02. The minimum absolute atomic E-state index is 0.0817. The van der Waals surface area contributed by atoms with Gasteiger partial charge in [-0.1, -0.05) is 18.2 Å². The Hall–Kier alpha value is -1.92. The number of benzene rings is 1. The number of carbonyl (C=O) groups excluding carboxylic acids is 2. The number of para-hydroxylation sites is 1. The van der Waals surface area contributed by atoms with Crippen molar-refractivity contribution in [1.29, 1.82) is 0 Å². The average Bonchev–Trinajstić information content (AvgIpc) is 2.83. The monoisotopic (exact) mass is 236 g/mol. The summed E-state index contributed by atoms with van der Waals surface area (Å²) in [5, 5.41) is 4.71. The number of carbonyl (C=O) groups is 2. The molecule has 17 heavy (non-hydrogen) atoms. The third kappa shape index (κ3) is 3.27. The van der Waals surface area contributed by atoms with Crippen LogP contribution in [0.25, 0.3) is 0 Å². The standard InChI is InChI=1S/C11H12N2O4/c14-10(9-6-16-7-17-9)13-11(15)12-8-4-2-1-3-5-8/h1-5,9H,6-7H2,(H2,12,13,14,15). The Balaban J connectivity index is 1.83. The Morgan fingerprint density at radius 3 is 2.65 bits per heavy atom. The third-order valence-corrected chi connectivity index (χ3v) is 2.18. The van der Waals surface area contributed by atoms with E-state index in [1.807, 2.05) is 6.07 Å². The summed E-state index contributed by atoms with van der Waals surface area (Å²) in [6, 6.07) is 8.25. The molecule has 0 aromatic heterocycles. The Bertz CT molecular complexity index is 401. The number of nitrogens with one attached hydrogen (secondary N) is 2. The third-order valence-electron chi connectivity index (χ3n) is 2.18. The van der Waals surface area contributed by atoms with Gasteiger partial charge in [-0.3, -0.25) is 10.1 Å². The quantitative estimate of drug-likeness (QED) is 0.792. The molecule has 2 rings (SSSR count). The smallest absolute Gasteiger partial charge is 0.325 e. The zero-order valence-electron chi connectivity index (χ0n) is 9.01. The van der Waals surface area contributed by atoms with E-state index in [1.54, 1.807) is 24.3 Å². The van der Waals surface area contributed by atoms with E-state index in [-0.39, 0.29) is 13.4 Å². The van der Waals surface area contributed by atoms with Crippen LogP contribution in [0.15, 0.2) is 30.3 Å². The van der Waals surface area contributed by atoms with Crippen LogP contribution in [0.5, 0.6) is 0 Å². The molecule has 6 nitrogen and oxygen atoms in total. The Morgan fingerprint density at radius 1 is 1.24 bits per heavy atom. The molecule has 3 amide bonds. The topological polar surface area (TPSA) is 76.7 Å². The maximum Gasteiger partial charge on any atom is 0.325 e. The molecule has 0 radical (unpaired) electrons. The summed E-state index contributed by atoms with van der Waals surface area (Å²) in [4.78, 5) is 22.9. The maximum atomic E-state index is 11.5. The van der Waals surface area contributed by atoms with Crippen LogP contribution in [0.3, 0.4) is 0 Å². The number of imide groups is 1. The normalized spacial score (nSPS) is 18.7. The van der Waals surface area contributed by atoms with E-state index in [1.165, 1.54) is 0 Å². The van der Waals surface area contributed by atoms with Crippen molar-refractivity contribution in [3.05, 3.63) is 30.3 Å². The zero-order chi connectivity index (χ0) is 12.1. The lowest BCUT2D eigenvalue weighted by molar-refractivity contribution is -0.128. The van der Waals surface area contributed by atoms with Gasteiger partial charge in [0.05, 0.1) is 6.61 Å². The van der Waals surface area contributed by atoms with Crippen LogP contribution in [-0.2, 0) is 14.3 Å². The molecule has 1 heterocycles. The fourth-order valence-corrected chi connectivity index (χ4v) is 1.36. The van der Waals surface area contributed by atoms with Crippen molar-refractivity contribution in [3.63, 3.8) is 0 Å². The van der Waals surface area contributed by atoms with Crippen LogP contribution in [0, 0.1) is 0 Å². The van der Waals surface area contributed by atoms with Crippen molar-refractivity contribution in [2.75, 3.05) is 18.7 Å². The van der Waals surface area contributed by atoms with Gasteiger partial charge in [-0.15, -0.1) is 0 Å². The highest BCUT2D eigenvalue weighted by Crippen LogP contribution is 2.05. The number of amides is 3. The second kappa shape index (κ2) is 5.42. The largest absolute Gasteiger partial charge is 0.352 e. The molecule has 1 aliphatic rings. The van der Waals surface area contributed by atoms with Gasteiger partial charge in [0, 0.05) is 5.69 Å². The van der Waals surface area contributed by atoms with Gasteiger partial charge in [0.2, 0.25) is 0 Å². The van der Waals surface area contributed by atoms with Crippen molar-refractivity contribution in [3.8, 4) is 0 Å². The van der Waals surface area contributed by atoms with Gasteiger partial charge in [-0.2, -0.15) is 0 Å². The fraction of sp³-hybridized carbons (Fsp3) is 0.273. The molecule has 1 fully saturated rings. The first-order valence-electron chi connectivity index (χ1n) is 5.12. The number of hydrogen-bond donors (Lipinski definition) is 2. The lowest BCUT2D eigenvalue weighted by Crippen LogP contribution is -2.41. The predicted molar refractivity (Wildman–Crippen MR) is 59.3 cm³/mol. The molecule has 1 unspecified atom stereocenters. The number of rotatable bonds is 2. The number of ether oxygens (including phenoxy) is 2. The minimum Gasteiger partial charge on any atom is -0.352 e. The first-order chi connectivity index (χ1) is 8.25. The fourth-order valence-electron chi connectivity index (χ4n) is 1.36. The molecule has 1 aliphatic heterocycles. The number of anilines is 1. The summed E-state index contributed by atoms with van der Waals surface area (Å²) in [5.41, 5.74) is 0.612. The Morgan fingerprint density at radius 2 is 2.00 bits per heavy atom. The molecule has 2 N–H and O–H groups in total. The predicted octanol–water partition coefficient (Wildman–Crippen LogP) is 0.708. The van der Waals surface area contributed by atoms with E-state index in [0.29, 0.717) is 5.69 Å². The van der Waals surface area contributed by atoms with E-state index in [4.69, 9.17) is 9.47 Å². The van der Waals surface area contributed by atoms with Crippen LogP contribution >= 0.6 is 0 Å². The zero-order valence-corrected chi connectivity index (χ0v) is 9.01. The van der Waals surface area contributed by atoms with E-state index in [2.05, 4.69) is 10.6 Å². The van der Waals surface area contributed by atoms with Gasteiger partial charge in [-0.25, -0.2) is 4.79 Å². The second-order valence-corrected chi connectivity index (χ2v) is 3.45. The Labute approximate surface area is 97.9 Å². The average molecular weight is 236 g/mol. The van der Waals surface area contributed by atoms with Gasteiger partial charge in [0.15, 0.2) is 6.10 Å². The van der Waals surface area contributed by atoms with E-state index < -0.39 is 18.0 Å². The van der Waals surface area contributed by atoms with Gasteiger partial charge >= 0.3 is 6.03 Å². The van der Waals surface area contributed by atoms with Crippen molar-refractivity contribution in [2.45, 2.75) is 6.10 Å². The first-order valence-corrected chi connectivity index (χ1v) is 5.12. The highest BCUT2D eigenvalue weighted by Gasteiger charge is 2.25. The van der Waals surface area contributed by atoms with E-state index >= 15 is 0 Å². The molecule has 1 saturated heterocycles. The maximum absolute atomic E-state index is 11.5. The molecular weight excluding hydrogens is 224 g/mol. The van der Waals surface area contributed by atoms with Crippen LogP contribution < -0.4 is 10.6 Å². The van der Waals surface area contributed by atoms with Crippen molar-refractivity contribution < 1.29 is 19.1 Å². The molecule has 0 saturated carbocycles. The van der Waals surface area contributed by atoms with Gasteiger partial charge in [-0.05, 0) is 12.1 Å². The minimum atomic E-state index is -0.712. The molecule has 1 aromatic rings. The highest BCUT2D eigenvalue weighted by atomic mass is 16.7. The summed E-state index contributed by atoms with van der Waals surface area (Å²) < 4.78 is 9.81. The summed E-state index contributed by atoms with van der Waals surface area (Å²) in [6.45, 7) is 0.253. The lowest BCUT2D eigenvalue weighted by Gasteiger charge is -2.09. The van der Waals surface area contributed by atoms with E-state index in [0.717, 1.165) is 0 Å². The summed E-state index contributed by atoms with van der Waals surface area (Å²) in [7, 11) is 0. The molecule has 0 aliphatic carbocycles. The van der Waals surface area contributed by atoms with Crippen LogP contribution in [0.2, 0.25) is 0 Å². The van der Waals surface area contributed by atoms with Crippen LogP contribution in [0.4, 0.5) is 10.5 Å². The summed E-state index contributed by atoms with van der Waals surface area (Å²) in [6.07, 6.45) is -0.712. The second-order valence-electron chi connectivity index (χ2n) is 3.45. The van der Waals surface area contributed by atoms with Crippen molar-refractivity contribution >= 4 is 17.6 Å². The lowest BCUT2D eigenvalue weighted by atomic mass is 10.3. The van der Waals surface area contributed by atoms with Gasteiger partial charge < -0.3 is 14.8 Å². The molecule has 6 heteroatoms. The number of urea groups is 1. The van der Waals surface area contributed by atoms with Crippen LogP contribution in [0.1, 0.15) is 0 Å². The molecule has 1 atom stereocenters. The first kappa shape index (κ1) is 11.6. The SMILES string of the molecule is O=C(NC(=O)C1COCO1)Nc1ccccc1.